The molecular formula is C19H17BrN2O3S. The van der Waals surface area contributed by atoms with Crippen LogP contribution in [0, 0.1) is 0 Å². The molecule has 3 aromatic rings. The first-order valence-corrected chi connectivity index (χ1v) is 9.05. The van der Waals surface area contributed by atoms with Gasteiger partial charge in [-0.25, -0.2) is 0 Å². The standard InChI is InChI=1S/C19H17BrN2O3S/c1-22-15-8-5-12(20)9-14(15)17(23)16(19(22)24)18(26)21-10-11-3-6-13(25-2)7-4-11/h3-9,23H,10H2,1-2H3,(H,21,26). The Bertz CT molecular complexity index is 1050. The van der Waals surface area contributed by atoms with Crippen molar-refractivity contribution in [3.63, 3.8) is 0 Å². The Labute approximate surface area is 164 Å². The normalized spacial score (nSPS) is 10.7. The van der Waals surface area contributed by atoms with Gasteiger partial charge in [-0.1, -0.05) is 40.3 Å². The number of halogens is 1. The van der Waals surface area contributed by atoms with Gasteiger partial charge in [0.05, 0.1) is 12.6 Å². The van der Waals surface area contributed by atoms with Gasteiger partial charge >= 0.3 is 0 Å². The maximum Gasteiger partial charge on any atom is 0.264 e. The van der Waals surface area contributed by atoms with Crippen molar-refractivity contribution in [3.8, 4) is 11.5 Å². The molecule has 1 aromatic heterocycles. The summed E-state index contributed by atoms with van der Waals surface area (Å²) in [6.45, 7) is 0.432. The summed E-state index contributed by atoms with van der Waals surface area (Å²) in [5.41, 5.74) is 1.37. The van der Waals surface area contributed by atoms with Crippen LogP contribution < -0.4 is 15.6 Å². The highest BCUT2D eigenvalue weighted by molar-refractivity contribution is 9.10. The number of aromatic hydroxyl groups is 1. The zero-order valence-corrected chi connectivity index (χ0v) is 16.6. The van der Waals surface area contributed by atoms with Gasteiger partial charge in [0.25, 0.3) is 5.56 Å². The number of benzene rings is 2. The average Bonchev–Trinajstić information content (AvgIpc) is 2.65. The van der Waals surface area contributed by atoms with Crippen molar-refractivity contribution in [1.82, 2.24) is 9.88 Å². The number of fused-ring (bicyclic) bond motifs is 1. The molecule has 2 N–H and O–H groups in total. The average molecular weight is 433 g/mol. The SMILES string of the molecule is COc1ccc(CNC(=S)c2c(O)c3cc(Br)ccc3n(C)c2=O)cc1. The highest BCUT2D eigenvalue weighted by atomic mass is 79.9. The molecule has 0 aliphatic carbocycles. The molecule has 0 saturated heterocycles. The molecule has 2 aromatic carbocycles. The fourth-order valence-electron chi connectivity index (χ4n) is 2.72. The number of aryl methyl sites for hydroxylation is 1. The first-order valence-electron chi connectivity index (χ1n) is 7.84. The lowest BCUT2D eigenvalue weighted by atomic mass is 10.1. The van der Waals surface area contributed by atoms with Gasteiger partial charge in [-0.3, -0.25) is 4.79 Å². The van der Waals surface area contributed by atoms with Crippen LogP contribution in [0.25, 0.3) is 10.9 Å². The van der Waals surface area contributed by atoms with Crippen LogP contribution in [0.5, 0.6) is 11.5 Å². The summed E-state index contributed by atoms with van der Waals surface area (Å²) >= 11 is 8.76. The molecule has 26 heavy (non-hydrogen) atoms. The third-order valence-electron chi connectivity index (χ3n) is 4.17. The predicted octanol–water partition coefficient (Wildman–Crippen LogP) is 3.48. The molecule has 0 amide bonds. The number of nitrogens with one attached hydrogen (secondary N) is 1. The van der Waals surface area contributed by atoms with Crippen molar-refractivity contribution in [2.75, 3.05) is 7.11 Å². The Hall–Kier alpha value is -2.38. The lowest BCUT2D eigenvalue weighted by molar-refractivity contribution is 0.414. The summed E-state index contributed by atoms with van der Waals surface area (Å²) in [6, 6.07) is 12.9. The molecule has 3 rings (SSSR count). The molecular weight excluding hydrogens is 416 g/mol. The van der Waals surface area contributed by atoms with Crippen LogP contribution in [0.1, 0.15) is 11.1 Å². The molecule has 0 unspecified atom stereocenters. The van der Waals surface area contributed by atoms with Crippen molar-refractivity contribution in [3.05, 3.63) is 68.4 Å². The van der Waals surface area contributed by atoms with E-state index in [0.717, 1.165) is 15.8 Å². The molecule has 134 valence electrons. The van der Waals surface area contributed by atoms with Crippen LogP contribution in [0.2, 0.25) is 0 Å². The number of hydrogen-bond acceptors (Lipinski definition) is 4. The van der Waals surface area contributed by atoms with E-state index < -0.39 is 0 Å². The molecule has 0 fully saturated rings. The summed E-state index contributed by atoms with van der Waals surface area (Å²) in [5, 5.41) is 14.2. The van der Waals surface area contributed by atoms with Crippen LogP contribution in [-0.4, -0.2) is 21.8 Å². The van der Waals surface area contributed by atoms with Crippen LogP contribution in [0.3, 0.4) is 0 Å². The Kier molecular flexibility index (Phi) is 5.29. The van der Waals surface area contributed by atoms with Gasteiger partial charge in [0.15, 0.2) is 0 Å². The minimum atomic E-state index is -0.343. The third kappa shape index (κ3) is 3.45. The van der Waals surface area contributed by atoms with E-state index in [-0.39, 0.29) is 21.9 Å². The van der Waals surface area contributed by atoms with Gasteiger partial charge in [0, 0.05) is 23.5 Å². The molecule has 5 nitrogen and oxygen atoms in total. The number of methoxy groups -OCH3 is 1. The minimum absolute atomic E-state index is 0.0987. The second-order valence-corrected chi connectivity index (χ2v) is 7.10. The molecule has 0 radical (unpaired) electrons. The number of ether oxygens (including phenoxy) is 1. The van der Waals surface area contributed by atoms with E-state index in [2.05, 4.69) is 21.2 Å². The smallest absolute Gasteiger partial charge is 0.264 e. The maximum atomic E-state index is 12.7. The number of rotatable bonds is 4. The van der Waals surface area contributed by atoms with Gasteiger partial charge in [-0.15, -0.1) is 0 Å². The van der Waals surface area contributed by atoms with E-state index in [1.165, 1.54) is 4.57 Å². The quantitative estimate of drug-likeness (QED) is 0.617. The number of pyridine rings is 1. The van der Waals surface area contributed by atoms with E-state index in [9.17, 15) is 9.90 Å². The van der Waals surface area contributed by atoms with Crippen LogP contribution in [0.15, 0.2) is 51.7 Å². The van der Waals surface area contributed by atoms with Crippen molar-refractivity contribution < 1.29 is 9.84 Å². The lowest BCUT2D eigenvalue weighted by Crippen LogP contribution is -2.31. The van der Waals surface area contributed by atoms with Crippen molar-refractivity contribution >= 4 is 44.0 Å². The summed E-state index contributed by atoms with van der Waals surface area (Å²) in [6.07, 6.45) is 0. The summed E-state index contributed by atoms with van der Waals surface area (Å²) in [7, 11) is 3.27. The van der Waals surface area contributed by atoms with E-state index in [1.807, 2.05) is 30.3 Å². The van der Waals surface area contributed by atoms with Crippen molar-refractivity contribution in [1.29, 1.82) is 0 Å². The van der Waals surface area contributed by atoms with Crippen LogP contribution in [0.4, 0.5) is 0 Å². The maximum absolute atomic E-state index is 12.7. The van der Waals surface area contributed by atoms with Crippen LogP contribution in [-0.2, 0) is 13.6 Å². The molecule has 7 heteroatoms. The number of thiocarbonyl (C=S) groups is 1. The highest BCUT2D eigenvalue weighted by Crippen LogP contribution is 2.29. The molecule has 0 aliphatic heterocycles. The molecule has 0 spiro atoms. The second-order valence-electron chi connectivity index (χ2n) is 5.78. The fourth-order valence-corrected chi connectivity index (χ4v) is 3.34. The molecule has 0 saturated carbocycles. The largest absolute Gasteiger partial charge is 0.506 e. The Morgan fingerprint density at radius 2 is 1.96 bits per heavy atom. The number of aromatic nitrogens is 1. The van der Waals surface area contributed by atoms with E-state index in [4.69, 9.17) is 17.0 Å². The monoisotopic (exact) mass is 432 g/mol. The van der Waals surface area contributed by atoms with Gasteiger partial charge in [-0.05, 0) is 35.9 Å². The highest BCUT2D eigenvalue weighted by Gasteiger charge is 2.18. The summed E-state index contributed by atoms with van der Waals surface area (Å²) in [4.78, 5) is 12.9. The summed E-state index contributed by atoms with van der Waals surface area (Å²) in [5.74, 6) is 0.652. The topological polar surface area (TPSA) is 63.5 Å². The van der Waals surface area contributed by atoms with E-state index >= 15 is 0 Å². The van der Waals surface area contributed by atoms with Crippen LogP contribution >= 0.6 is 28.1 Å². The van der Waals surface area contributed by atoms with Gasteiger partial charge in [0.1, 0.15) is 22.1 Å². The third-order valence-corrected chi connectivity index (χ3v) is 5.01. The van der Waals surface area contributed by atoms with E-state index in [1.54, 1.807) is 26.3 Å². The zero-order valence-electron chi connectivity index (χ0n) is 14.2. The van der Waals surface area contributed by atoms with Gasteiger partial charge in [0.2, 0.25) is 0 Å². The first-order chi connectivity index (χ1) is 12.4. The predicted molar refractivity (Wildman–Crippen MR) is 110 cm³/mol. The Morgan fingerprint density at radius 3 is 2.62 bits per heavy atom. The Balaban J connectivity index is 1.93. The summed E-state index contributed by atoms with van der Waals surface area (Å²) < 4.78 is 7.42. The molecule has 0 atom stereocenters. The second kappa shape index (κ2) is 7.47. The van der Waals surface area contributed by atoms with Crippen molar-refractivity contribution in [2.45, 2.75) is 6.54 Å². The molecule has 0 aliphatic rings. The molecule has 0 bridgehead atoms. The van der Waals surface area contributed by atoms with E-state index in [0.29, 0.717) is 17.4 Å². The Morgan fingerprint density at radius 1 is 1.27 bits per heavy atom. The first kappa shape index (κ1) is 18.4. The van der Waals surface area contributed by atoms with Gasteiger partial charge in [-0.2, -0.15) is 0 Å². The fraction of sp³-hybridized carbons (Fsp3) is 0.158. The van der Waals surface area contributed by atoms with Gasteiger partial charge < -0.3 is 19.7 Å². The zero-order chi connectivity index (χ0) is 18.8. The minimum Gasteiger partial charge on any atom is -0.506 e. The van der Waals surface area contributed by atoms with Crippen molar-refractivity contribution in [2.24, 2.45) is 7.05 Å². The lowest BCUT2D eigenvalue weighted by Gasteiger charge is -2.14. The number of nitrogens with zero attached hydrogens (tertiary/aromatic N) is 1. The molecule has 1 heterocycles. The number of hydrogen-bond donors (Lipinski definition) is 2.